The molecule has 27 heavy (non-hydrogen) atoms. The molecule has 2 aromatic rings. The Bertz CT molecular complexity index is 778. The summed E-state index contributed by atoms with van der Waals surface area (Å²) in [6.45, 7) is 2.92. The van der Waals surface area contributed by atoms with Gasteiger partial charge in [0, 0.05) is 18.2 Å². The van der Waals surface area contributed by atoms with Gasteiger partial charge in [0.2, 0.25) is 0 Å². The molecule has 3 rings (SSSR count). The Morgan fingerprint density at radius 1 is 1.19 bits per heavy atom. The number of rotatable bonds is 7. The van der Waals surface area contributed by atoms with Crippen LogP contribution in [0.1, 0.15) is 35.3 Å². The smallest absolute Gasteiger partial charge is 0.338 e. The third kappa shape index (κ3) is 4.50. The summed E-state index contributed by atoms with van der Waals surface area (Å²) >= 11 is 0. The molecule has 144 valence electrons. The van der Waals surface area contributed by atoms with Gasteiger partial charge in [-0.2, -0.15) is 0 Å². The second-order valence-electron chi connectivity index (χ2n) is 6.24. The summed E-state index contributed by atoms with van der Waals surface area (Å²) in [6, 6.07) is 11.8. The van der Waals surface area contributed by atoms with E-state index in [9.17, 15) is 9.90 Å². The van der Waals surface area contributed by atoms with Gasteiger partial charge in [-0.05, 0) is 42.8 Å². The Morgan fingerprint density at radius 2 is 1.93 bits per heavy atom. The molecule has 0 bridgehead atoms. The fourth-order valence-electron chi connectivity index (χ4n) is 2.90. The summed E-state index contributed by atoms with van der Waals surface area (Å²) in [5, 5.41) is 10.3. The first-order chi connectivity index (χ1) is 13.1. The van der Waals surface area contributed by atoms with Crippen molar-refractivity contribution >= 4 is 5.97 Å². The first kappa shape index (κ1) is 19.0. The van der Waals surface area contributed by atoms with Crippen LogP contribution in [0.15, 0.2) is 42.5 Å². The maximum absolute atomic E-state index is 11.9. The summed E-state index contributed by atoms with van der Waals surface area (Å²) in [5.41, 5.74) is 7.38. The van der Waals surface area contributed by atoms with Gasteiger partial charge >= 0.3 is 5.97 Å². The monoisotopic (exact) mass is 372 g/mol. The molecule has 0 amide bonds. The molecular weight excluding hydrogens is 348 g/mol. The number of nitrogens with one attached hydrogen (secondary N) is 2. The number of methoxy groups -OCH3 is 1. The van der Waals surface area contributed by atoms with E-state index in [-0.39, 0.29) is 23.9 Å². The standard InChI is InChI=1S/C20H24N2O5/c1-3-10-26-20(24)13-4-6-14(7-5-13)27-18-12-21-22-19(18)16-9-8-15(25-2)11-17(16)23/h4-9,11,18-19,21-23H,3,10,12H2,1-2H3. The number of hydrogen-bond acceptors (Lipinski definition) is 7. The van der Waals surface area contributed by atoms with Crippen LogP contribution in [0.25, 0.3) is 0 Å². The van der Waals surface area contributed by atoms with E-state index in [1.54, 1.807) is 43.5 Å². The molecular formula is C20H24N2O5. The largest absolute Gasteiger partial charge is 0.507 e. The lowest BCUT2D eigenvalue weighted by molar-refractivity contribution is 0.0505. The quantitative estimate of drug-likeness (QED) is 0.644. The van der Waals surface area contributed by atoms with E-state index in [0.717, 1.165) is 6.42 Å². The highest BCUT2D eigenvalue weighted by Gasteiger charge is 2.32. The van der Waals surface area contributed by atoms with Crippen LogP contribution in [0.2, 0.25) is 0 Å². The van der Waals surface area contributed by atoms with Crippen molar-refractivity contribution in [2.75, 3.05) is 20.3 Å². The highest BCUT2D eigenvalue weighted by Crippen LogP contribution is 2.32. The van der Waals surface area contributed by atoms with E-state index in [0.29, 0.717) is 35.8 Å². The van der Waals surface area contributed by atoms with E-state index in [4.69, 9.17) is 14.2 Å². The number of carbonyl (C=O) groups is 1. The van der Waals surface area contributed by atoms with Crippen LogP contribution < -0.4 is 20.3 Å². The van der Waals surface area contributed by atoms with E-state index >= 15 is 0 Å². The topological polar surface area (TPSA) is 89.1 Å². The molecule has 0 aromatic heterocycles. The molecule has 0 aliphatic carbocycles. The van der Waals surface area contributed by atoms with Crippen LogP contribution in [0, 0.1) is 0 Å². The van der Waals surface area contributed by atoms with Gasteiger partial charge in [-0.3, -0.25) is 5.43 Å². The van der Waals surface area contributed by atoms with E-state index in [2.05, 4.69) is 10.9 Å². The summed E-state index contributed by atoms with van der Waals surface area (Å²) in [7, 11) is 1.55. The fourth-order valence-corrected chi connectivity index (χ4v) is 2.90. The summed E-state index contributed by atoms with van der Waals surface area (Å²) in [6.07, 6.45) is 0.552. The maximum atomic E-state index is 11.9. The third-order valence-corrected chi connectivity index (χ3v) is 4.32. The first-order valence-electron chi connectivity index (χ1n) is 8.91. The predicted octanol–water partition coefficient (Wildman–Crippen LogP) is 2.56. The maximum Gasteiger partial charge on any atom is 0.338 e. The Hall–Kier alpha value is -2.77. The van der Waals surface area contributed by atoms with Crippen molar-refractivity contribution in [3.63, 3.8) is 0 Å². The van der Waals surface area contributed by atoms with Crippen LogP contribution in [-0.2, 0) is 4.74 Å². The van der Waals surface area contributed by atoms with Crippen molar-refractivity contribution in [2.24, 2.45) is 0 Å². The number of phenolic OH excluding ortho intramolecular Hbond substituents is 1. The second-order valence-corrected chi connectivity index (χ2v) is 6.24. The molecule has 0 spiro atoms. The Morgan fingerprint density at radius 3 is 2.59 bits per heavy atom. The third-order valence-electron chi connectivity index (χ3n) is 4.32. The molecule has 2 unspecified atom stereocenters. The highest BCUT2D eigenvalue weighted by atomic mass is 16.5. The van der Waals surface area contributed by atoms with Crippen LogP contribution in [0.5, 0.6) is 17.2 Å². The molecule has 2 aromatic carbocycles. The van der Waals surface area contributed by atoms with Crippen LogP contribution in [0.3, 0.4) is 0 Å². The van der Waals surface area contributed by atoms with E-state index in [1.807, 2.05) is 13.0 Å². The number of esters is 1. The predicted molar refractivity (Wildman–Crippen MR) is 100.0 cm³/mol. The molecule has 7 heteroatoms. The minimum absolute atomic E-state index is 0.137. The van der Waals surface area contributed by atoms with Gasteiger partial charge in [0.1, 0.15) is 23.4 Å². The number of carbonyl (C=O) groups excluding carboxylic acids is 1. The highest BCUT2D eigenvalue weighted by molar-refractivity contribution is 5.89. The molecule has 1 aliphatic rings. The zero-order valence-corrected chi connectivity index (χ0v) is 15.4. The summed E-state index contributed by atoms with van der Waals surface area (Å²) in [4.78, 5) is 11.9. The fraction of sp³-hybridized carbons (Fsp3) is 0.350. The Kier molecular flexibility index (Phi) is 6.16. The molecule has 0 radical (unpaired) electrons. The summed E-state index contributed by atoms with van der Waals surface area (Å²) < 4.78 is 16.3. The van der Waals surface area contributed by atoms with Crippen molar-refractivity contribution in [1.82, 2.24) is 10.9 Å². The van der Waals surface area contributed by atoms with Crippen molar-refractivity contribution in [3.8, 4) is 17.2 Å². The van der Waals surface area contributed by atoms with Crippen molar-refractivity contribution < 1.29 is 24.1 Å². The lowest BCUT2D eigenvalue weighted by atomic mass is 10.0. The summed E-state index contributed by atoms with van der Waals surface area (Å²) in [5.74, 6) is 1.02. The SMILES string of the molecule is CCCOC(=O)c1ccc(OC2CNNC2c2ccc(OC)cc2O)cc1. The van der Waals surface area contributed by atoms with Crippen LogP contribution in [-0.4, -0.2) is 37.4 Å². The van der Waals surface area contributed by atoms with Gasteiger partial charge in [-0.15, -0.1) is 0 Å². The van der Waals surface area contributed by atoms with Gasteiger partial charge in [0.15, 0.2) is 0 Å². The molecule has 3 N–H and O–H groups in total. The van der Waals surface area contributed by atoms with Gasteiger partial charge in [0.25, 0.3) is 0 Å². The first-order valence-corrected chi connectivity index (χ1v) is 8.91. The van der Waals surface area contributed by atoms with Gasteiger partial charge in [0.05, 0.1) is 25.3 Å². The molecule has 1 fully saturated rings. The number of phenols is 1. The molecule has 1 aliphatic heterocycles. The number of hydrogen-bond donors (Lipinski definition) is 3. The average Bonchev–Trinajstić information content (AvgIpc) is 3.14. The molecule has 1 heterocycles. The normalized spacial score (nSPS) is 18.9. The van der Waals surface area contributed by atoms with Crippen LogP contribution in [0.4, 0.5) is 0 Å². The number of benzene rings is 2. The van der Waals surface area contributed by atoms with Gasteiger partial charge in [-0.1, -0.05) is 6.92 Å². The average molecular weight is 372 g/mol. The lowest BCUT2D eigenvalue weighted by Gasteiger charge is -2.21. The van der Waals surface area contributed by atoms with E-state index < -0.39 is 0 Å². The molecule has 7 nitrogen and oxygen atoms in total. The molecule has 0 saturated carbocycles. The van der Waals surface area contributed by atoms with Crippen molar-refractivity contribution in [1.29, 1.82) is 0 Å². The molecule has 1 saturated heterocycles. The van der Waals surface area contributed by atoms with Crippen molar-refractivity contribution in [2.45, 2.75) is 25.5 Å². The number of hydrazine groups is 1. The van der Waals surface area contributed by atoms with Crippen molar-refractivity contribution in [3.05, 3.63) is 53.6 Å². The Labute approximate surface area is 158 Å². The lowest BCUT2D eigenvalue weighted by Crippen LogP contribution is -2.28. The number of ether oxygens (including phenoxy) is 3. The minimum Gasteiger partial charge on any atom is -0.507 e. The minimum atomic E-state index is -0.339. The molecule has 2 atom stereocenters. The Balaban J connectivity index is 1.68. The second kappa shape index (κ2) is 8.75. The zero-order chi connectivity index (χ0) is 19.2. The number of aromatic hydroxyl groups is 1. The van der Waals surface area contributed by atoms with Gasteiger partial charge < -0.3 is 19.3 Å². The van der Waals surface area contributed by atoms with Gasteiger partial charge in [-0.25, -0.2) is 10.2 Å². The zero-order valence-electron chi connectivity index (χ0n) is 15.4. The van der Waals surface area contributed by atoms with E-state index in [1.165, 1.54) is 0 Å². The van der Waals surface area contributed by atoms with Crippen LogP contribution >= 0.6 is 0 Å².